The molecule has 1 fully saturated rings. The van der Waals surface area contributed by atoms with Crippen molar-refractivity contribution in [2.75, 3.05) is 28.0 Å². The zero-order valence-corrected chi connectivity index (χ0v) is 21.9. The fourth-order valence-corrected chi connectivity index (χ4v) is 5.39. The standard InChI is InChI=1S/C27H28N6O4S/c1-18-19(2)31-37-27(18)32-38(35,36)23-12-10-22(11-13-23)30-26(34)21-9-6-14-33(16-21)25-15-24(28-17-29-25)20-7-4-3-5-8-20/h3-5,7-8,10-13,15,17,21,32H,6,9,14,16H2,1-2H3,(H,30,34). The maximum atomic E-state index is 13.1. The molecule has 1 unspecified atom stereocenters. The van der Waals surface area contributed by atoms with Crippen molar-refractivity contribution in [3.8, 4) is 11.3 Å². The topological polar surface area (TPSA) is 130 Å². The lowest BCUT2D eigenvalue weighted by Crippen LogP contribution is -2.41. The van der Waals surface area contributed by atoms with Crippen molar-refractivity contribution in [2.45, 2.75) is 31.6 Å². The van der Waals surface area contributed by atoms with Gasteiger partial charge in [0, 0.05) is 36.0 Å². The summed E-state index contributed by atoms with van der Waals surface area (Å²) >= 11 is 0. The number of carbonyl (C=O) groups is 1. The van der Waals surface area contributed by atoms with Crippen LogP contribution in [0.3, 0.4) is 0 Å². The van der Waals surface area contributed by atoms with Crippen LogP contribution < -0.4 is 14.9 Å². The quantitative estimate of drug-likeness (QED) is 0.358. The number of anilines is 3. The maximum Gasteiger partial charge on any atom is 0.264 e. The molecule has 1 aliphatic heterocycles. The molecule has 196 valence electrons. The van der Waals surface area contributed by atoms with Crippen LogP contribution in [0.15, 0.2) is 76.4 Å². The second-order valence-corrected chi connectivity index (χ2v) is 10.9. The first kappa shape index (κ1) is 25.4. The van der Waals surface area contributed by atoms with Crippen molar-refractivity contribution in [1.82, 2.24) is 15.1 Å². The van der Waals surface area contributed by atoms with Crippen molar-refractivity contribution in [2.24, 2.45) is 5.92 Å². The molecule has 0 aliphatic carbocycles. The fraction of sp³-hybridized carbons (Fsp3) is 0.259. The number of aromatic nitrogens is 3. The van der Waals surface area contributed by atoms with Crippen molar-refractivity contribution in [1.29, 1.82) is 0 Å². The molecule has 5 rings (SSSR count). The van der Waals surface area contributed by atoms with Crippen LogP contribution in [0.4, 0.5) is 17.4 Å². The van der Waals surface area contributed by atoms with E-state index in [0.717, 1.165) is 36.5 Å². The van der Waals surface area contributed by atoms with Gasteiger partial charge in [-0.2, -0.15) is 0 Å². The molecule has 0 bridgehead atoms. The zero-order chi connectivity index (χ0) is 26.7. The minimum atomic E-state index is -3.86. The Hall–Kier alpha value is -4.25. The molecule has 3 heterocycles. The molecule has 11 heteroatoms. The second kappa shape index (κ2) is 10.6. The summed E-state index contributed by atoms with van der Waals surface area (Å²) in [6, 6.07) is 17.9. The molecule has 0 saturated carbocycles. The highest BCUT2D eigenvalue weighted by Crippen LogP contribution is 2.27. The first-order valence-corrected chi connectivity index (χ1v) is 13.8. The number of nitrogens with one attached hydrogen (secondary N) is 2. The van der Waals surface area contributed by atoms with Gasteiger partial charge >= 0.3 is 0 Å². The third kappa shape index (κ3) is 5.52. The first-order valence-electron chi connectivity index (χ1n) is 12.3. The monoisotopic (exact) mass is 532 g/mol. The van der Waals surface area contributed by atoms with Gasteiger partial charge in [0.2, 0.25) is 11.8 Å². The highest BCUT2D eigenvalue weighted by Gasteiger charge is 2.27. The number of piperidine rings is 1. The summed E-state index contributed by atoms with van der Waals surface area (Å²) in [5.41, 5.74) is 3.59. The van der Waals surface area contributed by atoms with E-state index in [-0.39, 0.29) is 22.6 Å². The number of rotatable bonds is 7. The van der Waals surface area contributed by atoms with Crippen LogP contribution in [0.5, 0.6) is 0 Å². The molecule has 1 saturated heterocycles. The summed E-state index contributed by atoms with van der Waals surface area (Å²) in [7, 11) is -3.86. The molecule has 2 N–H and O–H groups in total. The number of benzene rings is 2. The fourth-order valence-electron chi connectivity index (χ4n) is 4.34. The number of carbonyl (C=O) groups excluding carboxylic acids is 1. The van der Waals surface area contributed by atoms with Gasteiger partial charge in [0.15, 0.2) is 0 Å². The van der Waals surface area contributed by atoms with Crippen LogP contribution in [0, 0.1) is 19.8 Å². The van der Waals surface area contributed by atoms with Gasteiger partial charge in [-0.15, -0.1) is 0 Å². The number of sulfonamides is 1. The Labute approximate surface area is 221 Å². The third-order valence-corrected chi connectivity index (χ3v) is 8.00. The SMILES string of the molecule is Cc1noc(NS(=O)(=O)c2ccc(NC(=O)C3CCCN(c4cc(-c5ccccc5)ncn4)C3)cc2)c1C. The maximum absolute atomic E-state index is 13.1. The molecule has 38 heavy (non-hydrogen) atoms. The van der Waals surface area contributed by atoms with Gasteiger partial charge < -0.3 is 14.7 Å². The van der Waals surface area contributed by atoms with E-state index in [0.29, 0.717) is 23.5 Å². The molecule has 1 aliphatic rings. The summed E-state index contributed by atoms with van der Waals surface area (Å²) in [5, 5.41) is 6.69. The smallest absolute Gasteiger partial charge is 0.264 e. The second-order valence-electron chi connectivity index (χ2n) is 9.25. The Kier molecular flexibility index (Phi) is 7.10. The largest absolute Gasteiger partial charge is 0.356 e. The first-order chi connectivity index (χ1) is 18.3. The Morgan fingerprint density at radius 2 is 1.82 bits per heavy atom. The number of aryl methyl sites for hydroxylation is 1. The summed E-state index contributed by atoms with van der Waals surface area (Å²) in [4.78, 5) is 24.1. The number of hydrogen-bond donors (Lipinski definition) is 2. The number of amides is 1. The Morgan fingerprint density at radius 1 is 1.05 bits per heavy atom. The Balaban J connectivity index is 1.23. The normalized spacial score (nSPS) is 15.7. The molecule has 1 atom stereocenters. The van der Waals surface area contributed by atoms with E-state index in [1.807, 2.05) is 36.4 Å². The van der Waals surface area contributed by atoms with Gasteiger partial charge in [-0.05, 0) is 51.0 Å². The lowest BCUT2D eigenvalue weighted by atomic mass is 9.97. The molecule has 1 amide bonds. The van der Waals surface area contributed by atoms with Crippen LogP contribution in [0.25, 0.3) is 11.3 Å². The number of nitrogens with zero attached hydrogens (tertiary/aromatic N) is 4. The van der Waals surface area contributed by atoms with E-state index in [1.165, 1.54) is 12.1 Å². The van der Waals surface area contributed by atoms with Gasteiger partial charge in [-0.3, -0.25) is 4.79 Å². The van der Waals surface area contributed by atoms with Gasteiger partial charge in [-0.25, -0.2) is 23.1 Å². The van der Waals surface area contributed by atoms with Crippen molar-refractivity contribution in [3.63, 3.8) is 0 Å². The summed E-state index contributed by atoms with van der Waals surface area (Å²) in [6.45, 7) is 4.79. The zero-order valence-electron chi connectivity index (χ0n) is 21.1. The summed E-state index contributed by atoms with van der Waals surface area (Å²) < 4.78 is 32.9. The van der Waals surface area contributed by atoms with Crippen LogP contribution in [0.2, 0.25) is 0 Å². The van der Waals surface area contributed by atoms with Crippen molar-refractivity contribution in [3.05, 3.63) is 78.2 Å². The van der Waals surface area contributed by atoms with Gasteiger partial charge in [0.25, 0.3) is 10.0 Å². The average molecular weight is 533 g/mol. The van der Waals surface area contributed by atoms with E-state index in [4.69, 9.17) is 4.52 Å². The lowest BCUT2D eigenvalue weighted by molar-refractivity contribution is -0.120. The van der Waals surface area contributed by atoms with E-state index in [1.54, 1.807) is 32.3 Å². The van der Waals surface area contributed by atoms with Crippen molar-refractivity contribution >= 4 is 33.3 Å². The third-order valence-electron chi connectivity index (χ3n) is 6.65. The van der Waals surface area contributed by atoms with E-state index >= 15 is 0 Å². The van der Waals surface area contributed by atoms with Crippen LogP contribution in [0.1, 0.15) is 24.1 Å². The Morgan fingerprint density at radius 3 is 2.53 bits per heavy atom. The summed E-state index contributed by atoms with van der Waals surface area (Å²) in [5.74, 6) is 0.520. The Bertz CT molecular complexity index is 1540. The molecule has 4 aromatic rings. The highest BCUT2D eigenvalue weighted by molar-refractivity contribution is 7.92. The molecule has 2 aromatic carbocycles. The predicted octanol–water partition coefficient (Wildman–Crippen LogP) is 4.40. The van der Waals surface area contributed by atoms with E-state index in [2.05, 4.69) is 30.1 Å². The average Bonchev–Trinajstić information content (AvgIpc) is 3.25. The minimum absolute atomic E-state index is 0.0470. The van der Waals surface area contributed by atoms with Gasteiger partial charge in [0.1, 0.15) is 12.1 Å². The predicted molar refractivity (Wildman–Crippen MR) is 144 cm³/mol. The van der Waals surface area contributed by atoms with Gasteiger partial charge in [-0.1, -0.05) is 35.5 Å². The van der Waals surface area contributed by atoms with Crippen LogP contribution in [-0.4, -0.2) is 42.5 Å². The molecular formula is C27H28N6O4S. The van der Waals surface area contributed by atoms with Crippen LogP contribution in [-0.2, 0) is 14.8 Å². The van der Waals surface area contributed by atoms with Gasteiger partial charge in [0.05, 0.1) is 22.2 Å². The van der Waals surface area contributed by atoms with Crippen LogP contribution >= 0.6 is 0 Å². The van der Waals surface area contributed by atoms with E-state index in [9.17, 15) is 13.2 Å². The molecule has 0 radical (unpaired) electrons. The molecule has 10 nitrogen and oxygen atoms in total. The molecule has 0 spiro atoms. The molecule has 2 aromatic heterocycles. The lowest BCUT2D eigenvalue weighted by Gasteiger charge is -2.33. The van der Waals surface area contributed by atoms with E-state index < -0.39 is 10.0 Å². The number of hydrogen-bond acceptors (Lipinski definition) is 8. The molecular weight excluding hydrogens is 504 g/mol. The minimum Gasteiger partial charge on any atom is -0.356 e. The highest BCUT2D eigenvalue weighted by atomic mass is 32.2. The van der Waals surface area contributed by atoms with Crippen molar-refractivity contribution < 1.29 is 17.7 Å². The summed E-state index contributed by atoms with van der Waals surface area (Å²) in [6.07, 6.45) is 3.16.